The molecule has 2 rings (SSSR count). The predicted octanol–water partition coefficient (Wildman–Crippen LogP) is 1.60. The van der Waals surface area contributed by atoms with Gasteiger partial charge < -0.3 is 10.6 Å². The van der Waals surface area contributed by atoms with Crippen LogP contribution in [0.1, 0.15) is 18.4 Å². The molecule has 0 saturated carbocycles. The normalized spacial score (nSPS) is 19.2. The molecule has 1 atom stereocenters. The minimum absolute atomic E-state index is 0.0170. The number of hydrogen-bond donors (Lipinski definition) is 2. The van der Waals surface area contributed by atoms with Crippen molar-refractivity contribution in [3.63, 3.8) is 0 Å². The summed E-state index contributed by atoms with van der Waals surface area (Å²) >= 11 is 0. The van der Waals surface area contributed by atoms with E-state index < -0.39 is 0 Å². The molecule has 1 saturated heterocycles. The van der Waals surface area contributed by atoms with Gasteiger partial charge in [0.15, 0.2) is 0 Å². The van der Waals surface area contributed by atoms with Gasteiger partial charge in [0.05, 0.1) is 5.92 Å². The molecule has 4 nitrogen and oxygen atoms in total. The van der Waals surface area contributed by atoms with Gasteiger partial charge >= 0.3 is 0 Å². The number of amides is 2. The van der Waals surface area contributed by atoms with Gasteiger partial charge in [-0.1, -0.05) is 0 Å². The predicted molar refractivity (Wildman–Crippen MR) is 65.5 cm³/mol. The lowest BCUT2D eigenvalue weighted by molar-refractivity contribution is -0.126. The molecule has 1 aliphatic rings. The van der Waals surface area contributed by atoms with Crippen molar-refractivity contribution in [2.45, 2.75) is 19.8 Å². The zero-order chi connectivity index (χ0) is 13.1. The van der Waals surface area contributed by atoms with E-state index in [-0.39, 0.29) is 23.5 Å². The fourth-order valence-corrected chi connectivity index (χ4v) is 1.92. The molecule has 1 aliphatic heterocycles. The molecule has 1 aromatic carbocycles. The highest BCUT2D eigenvalue weighted by Crippen LogP contribution is 2.17. The van der Waals surface area contributed by atoms with Crippen LogP contribution >= 0.6 is 0 Å². The Kier molecular flexibility index (Phi) is 3.60. The van der Waals surface area contributed by atoms with E-state index in [2.05, 4.69) is 10.6 Å². The molecule has 1 unspecified atom stereocenters. The molecule has 0 aromatic heterocycles. The number of halogens is 1. The van der Waals surface area contributed by atoms with E-state index in [1.165, 1.54) is 12.1 Å². The summed E-state index contributed by atoms with van der Waals surface area (Å²) in [7, 11) is 0. The Morgan fingerprint density at radius 2 is 2.28 bits per heavy atom. The van der Waals surface area contributed by atoms with Crippen LogP contribution in [0.3, 0.4) is 0 Å². The number of carbonyl (C=O) groups is 2. The molecule has 1 aromatic rings. The summed E-state index contributed by atoms with van der Waals surface area (Å²) in [6, 6.07) is 4.45. The minimum atomic E-state index is -0.294. The topological polar surface area (TPSA) is 58.2 Å². The first-order chi connectivity index (χ1) is 8.56. The summed E-state index contributed by atoms with van der Waals surface area (Å²) < 4.78 is 13.1. The van der Waals surface area contributed by atoms with E-state index in [9.17, 15) is 14.0 Å². The van der Waals surface area contributed by atoms with Crippen molar-refractivity contribution < 1.29 is 14.0 Å². The highest BCUT2D eigenvalue weighted by atomic mass is 19.1. The van der Waals surface area contributed by atoms with Crippen LogP contribution in [0.4, 0.5) is 10.1 Å². The minimum Gasteiger partial charge on any atom is -0.355 e. The van der Waals surface area contributed by atoms with Gasteiger partial charge in [-0.2, -0.15) is 0 Å². The maximum Gasteiger partial charge on any atom is 0.229 e. The van der Waals surface area contributed by atoms with Gasteiger partial charge in [-0.3, -0.25) is 9.59 Å². The number of benzene rings is 1. The number of carbonyl (C=O) groups excluding carboxylic acids is 2. The summed E-state index contributed by atoms with van der Waals surface area (Å²) in [5.41, 5.74) is 1.07. The average molecular weight is 250 g/mol. The Labute approximate surface area is 105 Å². The third-order valence-electron chi connectivity index (χ3n) is 3.06. The third kappa shape index (κ3) is 2.85. The van der Waals surface area contributed by atoms with E-state index >= 15 is 0 Å². The standard InChI is InChI=1S/C13H15FN2O2/c1-8-6-10(3-4-11(8)14)16-13(18)9-2-5-12(17)15-7-9/h3-4,6,9H,2,5,7H2,1H3,(H,15,17)(H,16,18). The van der Waals surface area contributed by atoms with Crippen molar-refractivity contribution in [2.75, 3.05) is 11.9 Å². The van der Waals surface area contributed by atoms with Gasteiger partial charge in [0, 0.05) is 18.7 Å². The van der Waals surface area contributed by atoms with Crippen LogP contribution in [0.15, 0.2) is 18.2 Å². The Balaban J connectivity index is 1.98. The first kappa shape index (κ1) is 12.5. The lowest BCUT2D eigenvalue weighted by atomic mass is 9.98. The van der Waals surface area contributed by atoms with Crippen molar-refractivity contribution in [3.8, 4) is 0 Å². The van der Waals surface area contributed by atoms with Gasteiger partial charge in [0.2, 0.25) is 11.8 Å². The van der Waals surface area contributed by atoms with Crippen molar-refractivity contribution in [1.82, 2.24) is 5.32 Å². The Hall–Kier alpha value is -1.91. The molecule has 0 aliphatic carbocycles. The fraction of sp³-hybridized carbons (Fsp3) is 0.385. The molecular formula is C13H15FN2O2. The molecule has 5 heteroatoms. The zero-order valence-corrected chi connectivity index (χ0v) is 10.1. The summed E-state index contributed by atoms with van der Waals surface area (Å²) in [6.45, 7) is 2.01. The molecule has 2 N–H and O–H groups in total. The molecule has 18 heavy (non-hydrogen) atoms. The Bertz CT molecular complexity index is 478. The van der Waals surface area contributed by atoms with Crippen LogP contribution in [-0.4, -0.2) is 18.4 Å². The van der Waals surface area contributed by atoms with E-state index in [4.69, 9.17) is 0 Å². The first-order valence-corrected chi connectivity index (χ1v) is 5.90. The van der Waals surface area contributed by atoms with Crippen LogP contribution < -0.4 is 10.6 Å². The van der Waals surface area contributed by atoms with E-state index in [0.29, 0.717) is 30.6 Å². The molecule has 1 heterocycles. The molecule has 0 bridgehead atoms. The second-order valence-corrected chi connectivity index (χ2v) is 4.49. The maximum atomic E-state index is 13.1. The molecular weight excluding hydrogens is 235 g/mol. The SMILES string of the molecule is Cc1cc(NC(=O)C2CCC(=O)NC2)ccc1F. The first-order valence-electron chi connectivity index (χ1n) is 5.90. The molecule has 0 spiro atoms. The van der Waals surface area contributed by atoms with Crippen molar-refractivity contribution >= 4 is 17.5 Å². The van der Waals surface area contributed by atoms with Crippen molar-refractivity contribution in [2.24, 2.45) is 5.92 Å². The van der Waals surface area contributed by atoms with Crippen LogP contribution in [0.5, 0.6) is 0 Å². The van der Waals surface area contributed by atoms with Crippen LogP contribution in [0.2, 0.25) is 0 Å². The quantitative estimate of drug-likeness (QED) is 0.837. The van der Waals surface area contributed by atoms with E-state index in [1.807, 2.05) is 0 Å². The number of hydrogen-bond acceptors (Lipinski definition) is 2. The second-order valence-electron chi connectivity index (χ2n) is 4.49. The van der Waals surface area contributed by atoms with E-state index in [0.717, 1.165) is 0 Å². The van der Waals surface area contributed by atoms with Crippen molar-refractivity contribution in [3.05, 3.63) is 29.6 Å². The molecule has 1 fully saturated rings. The van der Waals surface area contributed by atoms with Gasteiger partial charge in [-0.25, -0.2) is 4.39 Å². The van der Waals surface area contributed by atoms with Crippen molar-refractivity contribution in [1.29, 1.82) is 0 Å². The smallest absolute Gasteiger partial charge is 0.229 e. The Morgan fingerprint density at radius 3 is 2.89 bits per heavy atom. The molecule has 2 amide bonds. The van der Waals surface area contributed by atoms with Gasteiger partial charge in [0.1, 0.15) is 5.82 Å². The van der Waals surface area contributed by atoms with Gasteiger partial charge in [-0.05, 0) is 37.1 Å². The summed E-state index contributed by atoms with van der Waals surface area (Å²) in [5.74, 6) is -0.663. The largest absolute Gasteiger partial charge is 0.355 e. The molecule has 0 radical (unpaired) electrons. The Morgan fingerprint density at radius 1 is 1.50 bits per heavy atom. The lowest BCUT2D eigenvalue weighted by Gasteiger charge is -2.21. The maximum absolute atomic E-state index is 13.1. The fourth-order valence-electron chi connectivity index (χ4n) is 1.92. The highest BCUT2D eigenvalue weighted by Gasteiger charge is 2.24. The number of rotatable bonds is 2. The highest BCUT2D eigenvalue weighted by molar-refractivity contribution is 5.94. The van der Waals surface area contributed by atoms with Crippen LogP contribution in [0, 0.1) is 18.7 Å². The molecule has 96 valence electrons. The summed E-state index contributed by atoms with van der Waals surface area (Å²) in [6.07, 6.45) is 0.929. The lowest BCUT2D eigenvalue weighted by Crippen LogP contribution is -2.40. The third-order valence-corrected chi connectivity index (χ3v) is 3.06. The average Bonchev–Trinajstić information content (AvgIpc) is 2.34. The monoisotopic (exact) mass is 250 g/mol. The summed E-state index contributed by atoms with van der Waals surface area (Å²) in [5, 5.41) is 5.40. The summed E-state index contributed by atoms with van der Waals surface area (Å²) in [4.78, 5) is 22.9. The van der Waals surface area contributed by atoms with Gasteiger partial charge in [-0.15, -0.1) is 0 Å². The number of nitrogens with one attached hydrogen (secondary N) is 2. The van der Waals surface area contributed by atoms with E-state index in [1.54, 1.807) is 13.0 Å². The second kappa shape index (κ2) is 5.16. The number of piperidine rings is 1. The number of aryl methyl sites for hydroxylation is 1. The zero-order valence-electron chi connectivity index (χ0n) is 10.1. The van der Waals surface area contributed by atoms with Crippen LogP contribution in [0.25, 0.3) is 0 Å². The van der Waals surface area contributed by atoms with Crippen LogP contribution in [-0.2, 0) is 9.59 Å². The van der Waals surface area contributed by atoms with Gasteiger partial charge in [0.25, 0.3) is 0 Å². The number of anilines is 1.